The molecule has 3 aromatic carbocycles. The Hall–Kier alpha value is -3.45. The van der Waals surface area contributed by atoms with Crippen molar-refractivity contribution in [3.8, 4) is 11.1 Å². The zero-order valence-electron chi connectivity index (χ0n) is 16.7. The predicted molar refractivity (Wildman–Crippen MR) is 120 cm³/mol. The second-order valence-electron chi connectivity index (χ2n) is 7.67. The van der Waals surface area contributed by atoms with Gasteiger partial charge in [-0.3, -0.25) is 9.36 Å². The molecule has 7 heteroatoms. The molecule has 160 valence electrons. The van der Waals surface area contributed by atoms with E-state index in [1.807, 2.05) is 42.5 Å². The van der Waals surface area contributed by atoms with Crippen LogP contribution in [0.3, 0.4) is 0 Å². The van der Waals surface area contributed by atoms with E-state index in [1.165, 1.54) is 28.5 Å². The van der Waals surface area contributed by atoms with Crippen molar-refractivity contribution in [2.45, 2.75) is 17.5 Å². The van der Waals surface area contributed by atoms with E-state index in [-0.39, 0.29) is 5.75 Å². The summed E-state index contributed by atoms with van der Waals surface area (Å²) in [5, 5.41) is 12.1. The van der Waals surface area contributed by atoms with Gasteiger partial charge in [-0.25, -0.2) is 13.6 Å². The first-order valence-electron chi connectivity index (χ1n) is 10.00. The van der Waals surface area contributed by atoms with Gasteiger partial charge in [-0.1, -0.05) is 48.5 Å². The summed E-state index contributed by atoms with van der Waals surface area (Å²) in [6, 6.07) is 17.8. The number of benzene rings is 3. The molecule has 1 aliphatic rings. The molecule has 0 aliphatic carbocycles. The third kappa shape index (κ3) is 3.39. The zero-order chi connectivity index (χ0) is 22.4. The van der Waals surface area contributed by atoms with Crippen molar-refractivity contribution in [1.82, 2.24) is 4.57 Å². The molecule has 0 saturated heterocycles. The van der Waals surface area contributed by atoms with Crippen molar-refractivity contribution in [3.63, 3.8) is 0 Å². The van der Waals surface area contributed by atoms with Gasteiger partial charge in [0, 0.05) is 17.4 Å². The van der Waals surface area contributed by atoms with Gasteiger partial charge in [-0.2, -0.15) is 0 Å². The van der Waals surface area contributed by atoms with Crippen LogP contribution < -0.4 is 5.56 Å². The standard InChI is InChI=1S/C25H17F2NO3S/c26-19-9-8-16(11-20(19)27)23-17(10-15-6-3-5-14-4-1-2-7-18(14)15)12-22(29)28-21(25(30)31)13-32-24(23)28/h1-9,11-12,21H,10,13H2,(H,30,31). The molecule has 1 aromatic heterocycles. The highest BCUT2D eigenvalue weighted by Gasteiger charge is 2.33. The highest BCUT2D eigenvalue weighted by Crippen LogP contribution is 2.42. The fraction of sp³-hybridized carbons (Fsp3) is 0.120. The van der Waals surface area contributed by atoms with Crippen LogP contribution in [-0.2, 0) is 11.2 Å². The largest absolute Gasteiger partial charge is 0.480 e. The average Bonchev–Trinajstić information content (AvgIpc) is 3.22. The van der Waals surface area contributed by atoms with Crippen LogP contribution in [0.4, 0.5) is 8.78 Å². The number of thioether (sulfide) groups is 1. The Bertz CT molecular complexity index is 1440. The lowest BCUT2D eigenvalue weighted by atomic mass is 9.93. The summed E-state index contributed by atoms with van der Waals surface area (Å²) in [6.45, 7) is 0. The van der Waals surface area contributed by atoms with E-state index < -0.39 is 29.2 Å². The molecule has 2 heterocycles. The van der Waals surface area contributed by atoms with Crippen LogP contribution in [0.5, 0.6) is 0 Å². The van der Waals surface area contributed by atoms with Gasteiger partial charge in [0.05, 0.1) is 5.03 Å². The third-order valence-corrected chi connectivity index (χ3v) is 6.89. The number of carboxylic acids is 1. The smallest absolute Gasteiger partial charge is 0.327 e. The number of pyridine rings is 1. The van der Waals surface area contributed by atoms with E-state index in [2.05, 4.69) is 0 Å². The lowest BCUT2D eigenvalue weighted by Crippen LogP contribution is -2.29. The van der Waals surface area contributed by atoms with Crippen LogP contribution in [-0.4, -0.2) is 21.4 Å². The summed E-state index contributed by atoms with van der Waals surface area (Å²) in [4.78, 5) is 24.7. The first-order valence-corrected chi connectivity index (χ1v) is 11.0. The summed E-state index contributed by atoms with van der Waals surface area (Å²) in [7, 11) is 0. The summed E-state index contributed by atoms with van der Waals surface area (Å²) in [5.41, 5.74) is 2.17. The first-order chi connectivity index (χ1) is 15.4. The van der Waals surface area contributed by atoms with Crippen LogP contribution in [0.25, 0.3) is 21.9 Å². The topological polar surface area (TPSA) is 59.3 Å². The van der Waals surface area contributed by atoms with Crippen molar-refractivity contribution < 1.29 is 18.7 Å². The molecule has 5 rings (SSSR count). The number of hydrogen-bond donors (Lipinski definition) is 1. The fourth-order valence-corrected chi connectivity index (χ4v) is 5.61. The van der Waals surface area contributed by atoms with E-state index >= 15 is 0 Å². The Labute approximate surface area is 186 Å². The van der Waals surface area contributed by atoms with Gasteiger partial charge in [0.25, 0.3) is 5.56 Å². The van der Waals surface area contributed by atoms with E-state index in [1.54, 1.807) is 0 Å². The molecule has 0 fully saturated rings. The normalized spacial score (nSPS) is 15.1. The zero-order valence-corrected chi connectivity index (χ0v) is 17.5. The quantitative estimate of drug-likeness (QED) is 0.461. The fourth-order valence-electron chi connectivity index (χ4n) is 4.25. The van der Waals surface area contributed by atoms with E-state index in [0.29, 0.717) is 28.1 Å². The molecule has 4 aromatic rings. The minimum absolute atomic E-state index is 0.193. The molecule has 1 unspecified atom stereocenters. The number of nitrogens with zero attached hydrogens (tertiary/aromatic N) is 1. The third-order valence-electron chi connectivity index (χ3n) is 5.73. The summed E-state index contributed by atoms with van der Waals surface area (Å²) < 4.78 is 29.0. The van der Waals surface area contributed by atoms with Gasteiger partial charge in [-0.15, -0.1) is 11.8 Å². The van der Waals surface area contributed by atoms with Gasteiger partial charge in [0.1, 0.15) is 6.04 Å². The molecule has 0 spiro atoms. The summed E-state index contributed by atoms with van der Waals surface area (Å²) in [5.74, 6) is -2.87. The number of rotatable bonds is 4. The Morgan fingerprint density at radius 3 is 2.56 bits per heavy atom. The Morgan fingerprint density at radius 1 is 1.00 bits per heavy atom. The van der Waals surface area contributed by atoms with Gasteiger partial charge >= 0.3 is 5.97 Å². The average molecular weight is 449 g/mol. The molecule has 1 aliphatic heterocycles. The second kappa shape index (κ2) is 7.91. The van der Waals surface area contributed by atoms with Gasteiger partial charge in [0.15, 0.2) is 11.6 Å². The van der Waals surface area contributed by atoms with Crippen molar-refractivity contribution in [3.05, 3.63) is 99.8 Å². The van der Waals surface area contributed by atoms with Crippen LogP contribution in [0, 0.1) is 11.6 Å². The molecular weight excluding hydrogens is 432 g/mol. The number of aliphatic carboxylic acids is 1. The molecule has 0 amide bonds. The Balaban J connectivity index is 1.75. The molecule has 1 N–H and O–H groups in total. The molecule has 4 nitrogen and oxygen atoms in total. The number of carboxylic acid groups (broad SMARTS) is 1. The molecule has 0 saturated carbocycles. The van der Waals surface area contributed by atoms with Crippen molar-refractivity contribution >= 4 is 28.5 Å². The summed E-state index contributed by atoms with van der Waals surface area (Å²) in [6.07, 6.45) is 0.386. The molecule has 0 radical (unpaired) electrons. The molecule has 0 bridgehead atoms. The van der Waals surface area contributed by atoms with Crippen LogP contribution in [0.15, 0.2) is 76.6 Å². The van der Waals surface area contributed by atoms with Gasteiger partial charge < -0.3 is 5.11 Å². The Morgan fingerprint density at radius 2 is 1.78 bits per heavy atom. The van der Waals surface area contributed by atoms with Gasteiger partial charge in [0.2, 0.25) is 0 Å². The molecular formula is C25H17F2NO3S. The molecule has 32 heavy (non-hydrogen) atoms. The maximum Gasteiger partial charge on any atom is 0.327 e. The number of carbonyl (C=O) groups is 1. The minimum Gasteiger partial charge on any atom is -0.480 e. The summed E-state index contributed by atoms with van der Waals surface area (Å²) >= 11 is 1.24. The highest BCUT2D eigenvalue weighted by molar-refractivity contribution is 7.99. The number of fused-ring (bicyclic) bond motifs is 2. The van der Waals surface area contributed by atoms with Gasteiger partial charge in [-0.05, 0) is 46.0 Å². The monoisotopic (exact) mass is 449 g/mol. The van der Waals surface area contributed by atoms with Crippen LogP contribution in [0.1, 0.15) is 17.2 Å². The highest BCUT2D eigenvalue weighted by atomic mass is 32.2. The van der Waals surface area contributed by atoms with Crippen molar-refractivity contribution in [1.29, 1.82) is 0 Å². The number of hydrogen-bond acceptors (Lipinski definition) is 3. The van der Waals surface area contributed by atoms with E-state index in [9.17, 15) is 23.5 Å². The van der Waals surface area contributed by atoms with E-state index in [0.717, 1.165) is 28.5 Å². The predicted octanol–water partition coefficient (Wildman–Crippen LogP) is 5.27. The van der Waals surface area contributed by atoms with Crippen LogP contribution >= 0.6 is 11.8 Å². The lowest BCUT2D eigenvalue weighted by Gasteiger charge is -2.17. The maximum atomic E-state index is 14.1. The lowest BCUT2D eigenvalue weighted by molar-refractivity contribution is -0.140. The van der Waals surface area contributed by atoms with Crippen molar-refractivity contribution in [2.75, 3.05) is 5.75 Å². The Kier molecular flexibility index (Phi) is 5.06. The minimum atomic E-state index is -1.10. The second-order valence-corrected chi connectivity index (χ2v) is 8.68. The number of aromatic nitrogens is 1. The molecule has 1 atom stereocenters. The SMILES string of the molecule is O=C(O)C1CSc2c(-c3ccc(F)c(F)c3)c(Cc3cccc4ccccc34)cc(=O)n21. The number of halogens is 2. The maximum absolute atomic E-state index is 14.1. The van der Waals surface area contributed by atoms with Crippen molar-refractivity contribution in [2.24, 2.45) is 0 Å². The van der Waals surface area contributed by atoms with E-state index in [4.69, 9.17) is 0 Å². The van der Waals surface area contributed by atoms with Crippen LogP contribution in [0.2, 0.25) is 0 Å². The first kappa shape index (κ1) is 20.5.